The minimum Gasteiger partial charge on any atom is -0.310 e. The number of nitrogens with one attached hydrogen (secondary N) is 1. The van der Waals surface area contributed by atoms with Crippen molar-refractivity contribution in [3.05, 3.63) is 53.1 Å². The van der Waals surface area contributed by atoms with Gasteiger partial charge in [0, 0.05) is 25.0 Å². The van der Waals surface area contributed by atoms with Crippen LogP contribution >= 0.6 is 0 Å². The Morgan fingerprint density at radius 3 is 2.75 bits per heavy atom. The molecule has 1 aromatic heterocycles. The predicted molar refractivity (Wildman–Crippen MR) is 79.1 cm³/mol. The Morgan fingerprint density at radius 2 is 2.15 bits per heavy atom. The Balaban J connectivity index is 2.12. The van der Waals surface area contributed by atoms with Crippen molar-refractivity contribution in [1.82, 2.24) is 15.1 Å². The maximum absolute atomic E-state index is 13.6. The highest BCUT2D eigenvalue weighted by Gasteiger charge is 2.13. The first-order chi connectivity index (χ1) is 9.60. The second-order valence-corrected chi connectivity index (χ2v) is 5.16. The fourth-order valence-electron chi connectivity index (χ4n) is 2.54. The zero-order valence-electron chi connectivity index (χ0n) is 12.4. The minimum absolute atomic E-state index is 0.163. The number of aryl methyl sites for hydroxylation is 3. The van der Waals surface area contributed by atoms with Crippen molar-refractivity contribution < 1.29 is 4.39 Å². The Morgan fingerprint density at radius 1 is 1.35 bits per heavy atom. The fraction of sp³-hybridized carbons (Fsp3) is 0.438. The van der Waals surface area contributed by atoms with Gasteiger partial charge in [0.25, 0.3) is 0 Å². The van der Waals surface area contributed by atoms with Crippen molar-refractivity contribution >= 4 is 0 Å². The fourth-order valence-corrected chi connectivity index (χ4v) is 2.54. The zero-order chi connectivity index (χ0) is 14.5. The van der Waals surface area contributed by atoms with Gasteiger partial charge in [0.1, 0.15) is 5.82 Å². The van der Waals surface area contributed by atoms with E-state index in [1.54, 1.807) is 12.1 Å². The number of benzene rings is 1. The SMILES string of the molecule is CCNC(CCc1ccnn1C)c1cc(C)cc(F)c1. The van der Waals surface area contributed by atoms with Gasteiger partial charge in [-0.3, -0.25) is 4.68 Å². The molecule has 0 aliphatic carbocycles. The van der Waals surface area contributed by atoms with Crippen molar-refractivity contribution in [1.29, 1.82) is 0 Å². The Bertz CT molecular complexity index is 542. The van der Waals surface area contributed by atoms with Crippen molar-refractivity contribution in [2.45, 2.75) is 32.7 Å². The molecule has 1 aromatic carbocycles. The highest BCUT2D eigenvalue weighted by atomic mass is 19.1. The van der Waals surface area contributed by atoms with Crippen LogP contribution in [0.3, 0.4) is 0 Å². The number of hydrogen-bond acceptors (Lipinski definition) is 2. The molecule has 3 nitrogen and oxygen atoms in total. The molecule has 20 heavy (non-hydrogen) atoms. The van der Waals surface area contributed by atoms with Gasteiger partial charge in [0.05, 0.1) is 0 Å². The molecule has 1 heterocycles. The molecule has 4 heteroatoms. The maximum atomic E-state index is 13.6. The highest BCUT2D eigenvalue weighted by Crippen LogP contribution is 2.21. The van der Waals surface area contributed by atoms with Crippen molar-refractivity contribution in [2.24, 2.45) is 7.05 Å². The van der Waals surface area contributed by atoms with Crippen LogP contribution in [0.25, 0.3) is 0 Å². The van der Waals surface area contributed by atoms with Crippen LogP contribution in [0.1, 0.15) is 36.2 Å². The van der Waals surface area contributed by atoms with Gasteiger partial charge in [0.2, 0.25) is 0 Å². The topological polar surface area (TPSA) is 29.9 Å². The third kappa shape index (κ3) is 3.67. The Kier molecular flexibility index (Phi) is 4.90. The summed E-state index contributed by atoms with van der Waals surface area (Å²) in [6.07, 6.45) is 3.66. The summed E-state index contributed by atoms with van der Waals surface area (Å²) in [6.45, 7) is 4.87. The lowest BCUT2D eigenvalue weighted by Gasteiger charge is -2.19. The number of rotatable bonds is 6. The van der Waals surface area contributed by atoms with Crippen LogP contribution in [0.4, 0.5) is 4.39 Å². The second-order valence-electron chi connectivity index (χ2n) is 5.16. The standard InChI is InChI=1S/C16H22FN3/c1-4-18-16(6-5-15-7-8-19-20(15)3)13-9-12(2)10-14(17)11-13/h7-11,16,18H,4-6H2,1-3H3. The van der Waals surface area contributed by atoms with Gasteiger partial charge in [-0.05, 0) is 55.6 Å². The molecule has 0 saturated heterocycles. The van der Waals surface area contributed by atoms with Gasteiger partial charge < -0.3 is 5.32 Å². The van der Waals surface area contributed by atoms with Crippen LogP contribution in [0.5, 0.6) is 0 Å². The molecule has 0 saturated carbocycles. The number of halogens is 1. The monoisotopic (exact) mass is 275 g/mol. The highest BCUT2D eigenvalue weighted by molar-refractivity contribution is 5.26. The smallest absolute Gasteiger partial charge is 0.123 e. The molecule has 2 rings (SSSR count). The summed E-state index contributed by atoms with van der Waals surface area (Å²) < 4.78 is 15.5. The van der Waals surface area contributed by atoms with E-state index in [-0.39, 0.29) is 11.9 Å². The van der Waals surface area contributed by atoms with E-state index in [1.165, 1.54) is 5.69 Å². The van der Waals surface area contributed by atoms with Crippen molar-refractivity contribution in [3.63, 3.8) is 0 Å². The van der Waals surface area contributed by atoms with Gasteiger partial charge in [-0.2, -0.15) is 5.10 Å². The average Bonchev–Trinajstić information content (AvgIpc) is 2.79. The Hall–Kier alpha value is -1.68. The quantitative estimate of drug-likeness (QED) is 0.877. The van der Waals surface area contributed by atoms with Crippen LogP contribution in [0, 0.1) is 12.7 Å². The molecule has 0 amide bonds. The van der Waals surface area contributed by atoms with Crippen LogP contribution in [-0.4, -0.2) is 16.3 Å². The molecule has 1 N–H and O–H groups in total. The minimum atomic E-state index is -0.163. The largest absolute Gasteiger partial charge is 0.310 e. The van der Waals surface area contributed by atoms with Crippen LogP contribution in [0.15, 0.2) is 30.5 Å². The Labute approximate surface area is 119 Å². The summed E-state index contributed by atoms with van der Waals surface area (Å²) in [4.78, 5) is 0. The van der Waals surface area contributed by atoms with Gasteiger partial charge in [0.15, 0.2) is 0 Å². The van der Waals surface area contributed by atoms with E-state index in [0.717, 1.165) is 30.5 Å². The van der Waals surface area contributed by atoms with Gasteiger partial charge >= 0.3 is 0 Å². The van der Waals surface area contributed by atoms with E-state index >= 15 is 0 Å². The van der Waals surface area contributed by atoms with Crippen molar-refractivity contribution in [3.8, 4) is 0 Å². The third-order valence-electron chi connectivity index (χ3n) is 3.53. The van der Waals surface area contributed by atoms with Crippen LogP contribution in [-0.2, 0) is 13.5 Å². The summed E-state index contributed by atoms with van der Waals surface area (Å²) in [6, 6.07) is 7.45. The van der Waals surface area contributed by atoms with Crippen LogP contribution in [0.2, 0.25) is 0 Å². The van der Waals surface area contributed by atoms with E-state index in [0.29, 0.717) is 0 Å². The van der Waals surface area contributed by atoms with E-state index in [2.05, 4.69) is 23.4 Å². The molecule has 108 valence electrons. The lowest BCUT2D eigenvalue weighted by Crippen LogP contribution is -2.22. The average molecular weight is 275 g/mol. The summed E-state index contributed by atoms with van der Waals surface area (Å²) >= 11 is 0. The van der Waals surface area contributed by atoms with E-state index in [1.807, 2.05) is 30.9 Å². The second kappa shape index (κ2) is 6.66. The number of hydrogen-bond donors (Lipinski definition) is 1. The third-order valence-corrected chi connectivity index (χ3v) is 3.53. The predicted octanol–water partition coefficient (Wildman–Crippen LogP) is 3.15. The summed E-state index contributed by atoms with van der Waals surface area (Å²) in [5.41, 5.74) is 3.18. The molecule has 0 spiro atoms. The molecule has 2 aromatic rings. The number of nitrogens with zero attached hydrogens (tertiary/aromatic N) is 2. The molecular formula is C16H22FN3. The lowest BCUT2D eigenvalue weighted by atomic mass is 9.99. The lowest BCUT2D eigenvalue weighted by molar-refractivity contribution is 0.502. The molecule has 1 unspecified atom stereocenters. The molecule has 0 bridgehead atoms. The van der Waals surface area contributed by atoms with Crippen LogP contribution < -0.4 is 5.32 Å². The maximum Gasteiger partial charge on any atom is 0.123 e. The first-order valence-electron chi connectivity index (χ1n) is 7.07. The summed E-state index contributed by atoms with van der Waals surface area (Å²) in [5, 5.41) is 7.62. The number of aromatic nitrogens is 2. The molecule has 0 aliphatic rings. The molecular weight excluding hydrogens is 253 g/mol. The van der Waals surface area contributed by atoms with E-state index in [4.69, 9.17) is 0 Å². The van der Waals surface area contributed by atoms with Crippen molar-refractivity contribution in [2.75, 3.05) is 6.54 Å². The van der Waals surface area contributed by atoms with E-state index < -0.39 is 0 Å². The molecule has 0 fully saturated rings. The first-order valence-corrected chi connectivity index (χ1v) is 7.07. The van der Waals surface area contributed by atoms with Gasteiger partial charge in [-0.1, -0.05) is 13.0 Å². The normalized spacial score (nSPS) is 12.6. The van der Waals surface area contributed by atoms with Gasteiger partial charge in [-0.25, -0.2) is 4.39 Å². The summed E-state index contributed by atoms with van der Waals surface area (Å²) in [5.74, 6) is -0.163. The van der Waals surface area contributed by atoms with E-state index in [9.17, 15) is 4.39 Å². The molecule has 0 aliphatic heterocycles. The zero-order valence-corrected chi connectivity index (χ0v) is 12.4. The molecule has 1 atom stereocenters. The molecule has 0 radical (unpaired) electrons. The summed E-state index contributed by atoms with van der Waals surface area (Å²) in [7, 11) is 1.95. The van der Waals surface area contributed by atoms with Gasteiger partial charge in [-0.15, -0.1) is 0 Å². The first kappa shape index (κ1) is 14.7.